The van der Waals surface area contributed by atoms with E-state index in [0.29, 0.717) is 42.3 Å². The number of hydrogen-bond acceptors (Lipinski definition) is 10. The Bertz CT molecular complexity index is 2650. The van der Waals surface area contributed by atoms with Crippen LogP contribution >= 0.6 is 55.4 Å². The van der Waals surface area contributed by atoms with Gasteiger partial charge in [-0.25, -0.2) is 16.8 Å². The van der Waals surface area contributed by atoms with Crippen molar-refractivity contribution in [3.8, 4) is 0 Å². The van der Waals surface area contributed by atoms with Gasteiger partial charge in [0, 0.05) is 46.2 Å². The SMILES string of the molecule is O=C(OCCCCCl)C(F)(F)S(=O)(=O)OS(c1ccccc1)(c1ccccc1)c1ccc(Cl)cc1.O=C(OCCCCCl)C(F)(F)S(=O)(=O)OS(c1ccccc1)(c1ccccc1)c1ccccc1. The molecule has 370 valence electrons. The van der Waals surface area contributed by atoms with Crippen molar-refractivity contribution in [2.75, 3.05) is 25.0 Å². The van der Waals surface area contributed by atoms with Gasteiger partial charge < -0.3 is 9.47 Å². The molecule has 6 rings (SSSR count). The quantitative estimate of drug-likeness (QED) is 0.0279. The van der Waals surface area contributed by atoms with Gasteiger partial charge in [-0.3, -0.25) is 0 Å². The molecular formula is C48H45Cl3F4O10S4. The Morgan fingerprint density at radius 1 is 0.406 bits per heavy atom. The van der Waals surface area contributed by atoms with Crippen molar-refractivity contribution < 1.29 is 60.7 Å². The first kappa shape index (κ1) is 55.3. The van der Waals surface area contributed by atoms with Crippen LogP contribution in [0.4, 0.5) is 17.6 Å². The molecule has 69 heavy (non-hydrogen) atoms. The molecule has 0 N–H and O–H groups in total. The van der Waals surface area contributed by atoms with E-state index in [0.717, 1.165) is 0 Å². The maximum absolute atomic E-state index is 15.0. The molecule has 0 unspecified atom stereocenters. The molecule has 0 heterocycles. The summed E-state index contributed by atoms with van der Waals surface area (Å²) < 4.78 is 132. The van der Waals surface area contributed by atoms with Crippen molar-refractivity contribution in [2.24, 2.45) is 0 Å². The minimum atomic E-state index is -5.84. The van der Waals surface area contributed by atoms with Gasteiger partial charge in [0.05, 0.1) is 13.2 Å². The van der Waals surface area contributed by atoms with Crippen molar-refractivity contribution in [3.63, 3.8) is 0 Å². The van der Waals surface area contributed by atoms with E-state index < -0.39 is 69.9 Å². The van der Waals surface area contributed by atoms with Gasteiger partial charge in [0.2, 0.25) is 0 Å². The Morgan fingerprint density at radius 3 is 0.899 bits per heavy atom. The second-order valence-corrected chi connectivity index (χ2v) is 24.4. The van der Waals surface area contributed by atoms with E-state index >= 15 is 8.78 Å². The second-order valence-electron chi connectivity index (χ2n) is 14.3. The third-order valence-electron chi connectivity index (χ3n) is 9.53. The number of unbranched alkanes of at least 4 members (excludes halogenated alkanes) is 2. The van der Waals surface area contributed by atoms with Gasteiger partial charge in [0.1, 0.15) is 0 Å². The minimum absolute atomic E-state index is 0.209. The smallest absolute Gasteiger partial charge is 0.460 e. The second kappa shape index (κ2) is 25.0. The highest BCUT2D eigenvalue weighted by Crippen LogP contribution is 2.72. The molecule has 0 radical (unpaired) electrons. The predicted molar refractivity (Wildman–Crippen MR) is 260 cm³/mol. The maximum Gasteiger partial charge on any atom is 0.466 e. The van der Waals surface area contributed by atoms with Gasteiger partial charge in [-0.05, 0) is 131 Å². The third-order valence-corrected chi connectivity index (χ3v) is 20.6. The number of ether oxygens (including phenoxy) is 2. The number of alkyl halides is 6. The van der Waals surface area contributed by atoms with Gasteiger partial charge in [0.25, 0.3) is 0 Å². The summed E-state index contributed by atoms with van der Waals surface area (Å²) in [5, 5.41) is -9.52. The molecule has 6 aromatic carbocycles. The van der Waals surface area contributed by atoms with Gasteiger partial charge >= 0.3 is 42.7 Å². The summed E-state index contributed by atoms with van der Waals surface area (Å²) in [7, 11) is -18.2. The Balaban J connectivity index is 0.000000258. The zero-order valence-corrected chi connectivity index (χ0v) is 41.8. The monoisotopic (exact) mass is 1090 g/mol. The van der Waals surface area contributed by atoms with E-state index in [4.69, 9.17) is 42.1 Å². The normalized spacial score (nSPS) is 12.8. The summed E-state index contributed by atoms with van der Waals surface area (Å²) >= 11 is 17.1. The molecule has 21 heteroatoms. The number of hydrogen-bond donors (Lipinski definition) is 0. The number of carbonyl (C=O) groups excluding carboxylic acids is 2. The van der Waals surface area contributed by atoms with E-state index in [1.807, 2.05) is 0 Å². The fraction of sp³-hybridized carbons (Fsp3) is 0.208. The number of esters is 2. The molecular weight excluding hydrogens is 1050 g/mol. The van der Waals surface area contributed by atoms with E-state index in [9.17, 15) is 35.2 Å². The van der Waals surface area contributed by atoms with Crippen LogP contribution in [0.3, 0.4) is 0 Å². The zero-order chi connectivity index (χ0) is 50.2. The molecule has 0 bridgehead atoms. The van der Waals surface area contributed by atoms with E-state index in [2.05, 4.69) is 9.47 Å². The number of halogens is 7. The third kappa shape index (κ3) is 13.0. The lowest BCUT2D eigenvalue weighted by molar-refractivity contribution is -0.162. The highest BCUT2D eigenvalue weighted by atomic mass is 35.5. The van der Waals surface area contributed by atoms with Crippen LogP contribution in [0.1, 0.15) is 25.7 Å². The lowest BCUT2D eigenvalue weighted by Crippen LogP contribution is -2.41. The van der Waals surface area contributed by atoms with Crippen molar-refractivity contribution in [2.45, 2.75) is 65.6 Å². The number of rotatable bonds is 22. The van der Waals surface area contributed by atoms with Crippen LogP contribution in [0.25, 0.3) is 0 Å². The van der Waals surface area contributed by atoms with E-state index in [-0.39, 0.29) is 36.1 Å². The largest absolute Gasteiger partial charge is 0.466 e. The Labute approximate surface area is 417 Å². The van der Waals surface area contributed by atoms with Crippen LogP contribution in [0.5, 0.6) is 0 Å². The minimum Gasteiger partial charge on any atom is -0.460 e. The topological polar surface area (TPSA) is 139 Å². The molecule has 0 aromatic heterocycles. The molecule has 10 nitrogen and oxygen atoms in total. The highest BCUT2D eigenvalue weighted by Gasteiger charge is 2.60. The summed E-state index contributed by atoms with van der Waals surface area (Å²) in [5.74, 6) is -3.90. The first-order chi connectivity index (χ1) is 32.9. The summed E-state index contributed by atoms with van der Waals surface area (Å²) in [6, 6.07) is 47.0. The molecule has 0 atom stereocenters. The lowest BCUT2D eigenvalue weighted by Gasteiger charge is -2.39. The molecule has 0 spiro atoms. The molecule has 0 aliphatic rings. The Morgan fingerprint density at radius 2 is 0.652 bits per heavy atom. The van der Waals surface area contributed by atoms with Gasteiger partial charge in [-0.2, -0.15) is 34.4 Å². The summed E-state index contributed by atoms with van der Waals surface area (Å²) in [5.41, 5.74) is 0. The fourth-order valence-electron chi connectivity index (χ4n) is 6.19. The van der Waals surface area contributed by atoms with Crippen LogP contribution in [0, 0.1) is 0 Å². The van der Waals surface area contributed by atoms with Gasteiger partial charge in [-0.15, -0.1) is 23.2 Å². The first-order valence-electron chi connectivity index (χ1n) is 20.7. The fourth-order valence-corrected chi connectivity index (χ4v) is 16.8. The van der Waals surface area contributed by atoms with Crippen LogP contribution in [0.2, 0.25) is 5.02 Å². The Hall–Kier alpha value is -4.63. The van der Waals surface area contributed by atoms with Gasteiger partial charge in [-0.1, -0.05) is 103 Å². The van der Waals surface area contributed by atoms with E-state index in [1.165, 1.54) is 24.3 Å². The first-order valence-corrected chi connectivity index (χ1v) is 28.1. The van der Waals surface area contributed by atoms with Crippen LogP contribution in [0.15, 0.2) is 205 Å². The van der Waals surface area contributed by atoms with Crippen LogP contribution in [-0.4, -0.2) is 64.3 Å². The molecule has 6 aromatic rings. The molecule has 0 saturated carbocycles. The van der Waals surface area contributed by atoms with Crippen molar-refractivity contribution in [3.05, 3.63) is 181 Å². The molecule has 0 amide bonds. The lowest BCUT2D eigenvalue weighted by atomic mass is 10.4. The maximum atomic E-state index is 15.0. The molecule has 0 aliphatic heterocycles. The summed E-state index contributed by atoms with van der Waals surface area (Å²) in [4.78, 5) is 26.3. The standard InChI is InChI=1S/C24H22Cl2F2O5S2.C24H23ClF2O5S2/c25-17-7-8-18-32-23(29)24(27,28)35(30,31)33-34(20-9-3-1-4-10-20,21-11-5-2-6-12-21)22-15-13-19(26)14-16-22;25-18-10-11-19-31-23(28)24(26,27)34(29,30)32-33(20-12-4-1-5-13-20,21-14-6-2-7-15-21)22-16-8-3-9-17-22/h1-6,9-16H,7-8,17-18H2;1-9,12-17H,10-11,18-19H2. The van der Waals surface area contributed by atoms with Crippen molar-refractivity contribution in [1.82, 2.24) is 0 Å². The average Bonchev–Trinajstić information content (AvgIpc) is 3.36. The zero-order valence-electron chi connectivity index (χ0n) is 36.3. The van der Waals surface area contributed by atoms with Crippen molar-refractivity contribution in [1.29, 1.82) is 0 Å². The number of benzene rings is 6. The van der Waals surface area contributed by atoms with E-state index in [1.54, 1.807) is 152 Å². The number of carbonyl (C=O) groups is 2. The highest BCUT2D eigenvalue weighted by molar-refractivity contribution is 8.33. The molecule has 0 aliphatic carbocycles. The Kier molecular flexibility index (Phi) is 20.0. The predicted octanol–water partition coefficient (Wildman–Crippen LogP) is 13.4. The molecule has 0 fully saturated rings. The van der Waals surface area contributed by atoms with Crippen LogP contribution in [-0.2, 0) is 46.6 Å². The van der Waals surface area contributed by atoms with Crippen LogP contribution < -0.4 is 0 Å². The average molecular weight is 1090 g/mol. The molecule has 0 saturated heterocycles. The summed E-state index contributed by atoms with van der Waals surface area (Å²) in [6.07, 6.45) is 1.27. The van der Waals surface area contributed by atoms with Crippen molar-refractivity contribution >= 4 is 87.6 Å². The summed E-state index contributed by atoms with van der Waals surface area (Å²) in [6.45, 7) is -0.784. The van der Waals surface area contributed by atoms with Gasteiger partial charge in [0.15, 0.2) is 0 Å².